The van der Waals surface area contributed by atoms with E-state index in [1.54, 1.807) is 65.8 Å². The molecule has 8 N–H and O–H groups in total. The summed E-state index contributed by atoms with van der Waals surface area (Å²) >= 11 is 1.14. The Kier molecular flexibility index (Phi) is 22.4. The molecule has 432 valence electrons. The third kappa shape index (κ3) is 15.4. The molecule has 1 aromatic carbocycles. The SMILES string of the molecule is CC[C@H]1OC(=O)C[C@@H](O)[C@H](C)[C@@H](O[C@@H]2O[C@H](C)[C@@H](O[C@H]3C[C@@](C)(O)[C@@H](O)[C@H](C)O3)[C@H](N(C)C)[C@H]2O)[C@@H](c2cc(C(=O)NCc3ccccc3)c(N)s2)C[C@@H](C)C(=O)/C=C/C(C)=C/[C@@H]1CO[C@@H]1O[C@H](C)[C@@H](O)[C@@H](OC)[C@H]1OC. The number of allylic oxidation sites excluding steroid dienone is 3. The number of cyclic esters (lactones) is 1. The zero-order valence-electron chi connectivity index (χ0n) is 46.6. The van der Waals surface area contributed by atoms with E-state index in [0.29, 0.717) is 16.9 Å². The number of carbonyl (C=O) groups excluding carboxylic acids is 3. The quantitative estimate of drug-likeness (QED) is 0.124. The number of nitrogens with one attached hydrogen (secondary N) is 1. The van der Waals surface area contributed by atoms with Gasteiger partial charge in [-0.05, 0) is 79.3 Å². The highest BCUT2D eigenvalue weighted by Crippen LogP contribution is 2.43. The molecule has 3 saturated heterocycles. The number of carbonyl (C=O) groups is 3. The van der Waals surface area contributed by atoms with Crippen molar-refractivity contribution in [1.82, 2.24) is 10.2 Å². The van der Waals surface area contributed by atoms with Gasteiger partial charge < -0.3 is 84.1 Å². The van der Waals surface area contributed by atoms with Crippen LogP contribution in [-0.4, -0.2) is 187 Å². The molecule has 5 heterocycles. The summed E-state index contributed by atoms with van der Waals surface area (Å²) in [5.41, 5.74) is 6.88. The minimum atomic E-state index is -1.52. The van der Waals surface area contributed by atoms with Crippen LogP contribution in [0.5, 0.6) is 0 Å². The van der Waals surface area contributed by atoms with Gasteiger partial charge in [0.2, 0.25) is 0 Å². The van der Waals surface area contributed by atoms with Crippen LogP contribution in [-0.2, 0) is 58.8 Å². The Hall–Kier alpha value is -3.75. The molecule has 0 aliphatic carbocycles. The molecule has 2 aromatic rings. The number of ketones is 1. The van der Waals surface area contributed by atoms with Crippen molar-refractivity contribution in [2.75, 3.05) is 40.7 Å². The number of nitrogens with two attached hydrogens (primary N) is 1. The number of aliphatic hydroxyl groups is 5. The van der Waals surface area contributed by atoms with Crippen LogP contribution in [0.2, 0.25) is 0 Å². The van der Waals surface area contributed by atoms with Gasteiger partial charge in [0.05, 0.1) is 65.8 Å². The first-order chi connectivity index (χ1) is 36.4. The van der Waals surface area contributed by atoms with Gasteiger partial charge in [-0.3, -0.25) is 14.4 Å². The van der Waals surface area contributed by atoms with Gasteiger partial charge in [-0.2, -0.15) is 0 Å². The minimum Gasteiger partial charge on any atom is -0.462 e. The molecule has 1 amide bonds. The number of thiophene rings is 1. The van der Waals surface area contributed by atoms with Crippen molar-refractivity contribution in [3.63, 3.8) is 0 Å². The third-order valence-corrected chi connectivity index (χ3v) is 16.7. The smallest absolute Gasteiger partial charge is 0.308 e. The molecule has 3 fully saturated rings. The molecule has 0 saturated carbocycles. The second-order valence-electron chi connectivity index (χ2n) is 21.8. The molecule has 21 atom stereocenters. The number of esters is 1. The molecule has 0 unspecified atom stereocenters. The van der Waals surface area contributed by atoms with Crippen molar-refractivity contribution in [3.8, 4) is 0 Å². The highest BCUT2D eigenvalue weighted by molar-refractivity contribution is 7.16. The Morgan fingerprint density at radius 2 is 1.56 bits per heavy atom. The molecule has 0 radical (unpaired) electrons. The van der Waals surface area contributed by atoms with E-state index in [1.807, 2.05) is 50.3 Å². The molecule has 21 heteroatoms. The Labute approximate surface area is 457 Å². The lowest BCUT2D eigenvalue weighted by molar-refractivity contribution is -0.340. The lowest BCUT2D eigenvalue weighted by Crippen LogP contribution is -2.65. The number of benzene rings is 1. The average Bonchev–Trinajstić information content (AvgIpc) is 3.78. The molecular formula is C56H85N3O17S. The van der Waals surface area contributed by atoms with Crippen molar-refractivity contribution in [1.29, 1.82) is 0 Å². The second kappa shape index (κ2) is 27.6. The zero-order chi connectivity index (χ0) is 56.6. The van der Waals surface area contributed by atoms with E-state index in [-0.39, 0.29) is 42.3 Å². The van der Waals surface area contributed by atoms with Crippen molar-refractivity contribution < 1.29 is 82.5 Å². The van der Waals surface area contributed by atoms with Gasteiger partial charge in [-0.1, -0.05) is 68.8 Å². The number of hydrogen-bond donors (Lipinski definition) is 7. The third-order valence-electron chi connectivity index (χ3n) is 15.6. The van der Waals surface area contributed by atoms with E-state index in [9.17, 15) is 39.9 Å². The second-order valence-corrected chi connectivity index (χ2v) is 22.9. The van der Waals surface area contributed by atoms with E-state index in [1.165, 1.54) is 27.2 Å². The normalized spacial score (nSPS) is 40.1. The summed E-state index contributed by atoms with van der Waals surface area (Å²) < 4.78 is 55.8. The summed E-state index contributed by atoms with van der Waals surface area (Å²) in [6.45, 7) is 13.9. The molecule has 4 aliphatic rings. The molecule has 6 rings (SSSR count). The van der Waals surface area contributed by atoms with Crippen LogP contribution in [0.3, 0.4) is 0 Å². The van der Waals surface area contributed by atoms with Crippen LogP contribution in [0.1, 0.15) is 108 Å². The highest BCUT2D eigenvalue weighted by Gasteiger charge is 2.52. The molecule has 0 spiro atoms. The molecular weight excluding hydrogens is 1020 g/mol. The number of ether oxygens (including phenoxy) is 9. The predicted molar refractivity (Wildman–Crippen MR) is 285 cm³/mol. The maximum absolute atomic E-state index is 14.4. The molecule has 77 heavy (non-hydrogen) atoms. The number of anilines is 1. The number of likely N-dealkylation sites (N-methyl/N-ethyl adjacent to an activating group) is 1. The standard InChI is InChI=1S/C56H85N3O17S/c1-13-40-35(27-70-55-50(69-12)49(68-11)45(63)31(5)72-55)21-28(2)19-20-38(60)29(3)22-36(41-23-37(52(57)77-41)53(66)58-26-34-17-15-14-16-18-34)47(30(4)39(61)24-42(62)74-40)76-54-46(64)44(59(9)10)48(32(6)73-54)75-43-25-56(8,67)51(65)33(7)71-43/h14-21,23,29-33,35-36,39-40,43-51,54-55,61,63-65,67H,13,22,24-27,57H2,1-12H3,(H,58,66)/b20-19+,28-21+/t29-,30+,31-,32-,33+,35-,36-,39-,40-,43+,44-,45-,46-,47-,48-,49-,50-,51+,54+,55-,56-/m1/s1. The van der Waals surface area contributed by atoms with Crippen LogP contribution in [0.4, 0.5) is 5.00 Å². The number of hydrogen-bond acceptors (Lipinski definition) is 20. The summed E-state index contributed by atoms with van der Waals surface area (Å²) in [7, 11) is 6.45. The van der Waals surface area contributed by atoms with Crippen LogP contribution in [0.15, 0.2) is 60.2 Å². The van der Waals surface area contributed by atoms with Gasteiger partial charge in [0.15, 0.2) is 24.7 Å². The Balaban J connectivity index is 1.36. The fraction of sp³-hybridized carbons (Fsp3) is 0.696. The largest absolute Gasteiger partial charge is 0.462 e. The number of nitrogens with zero attached hydrogens (tertiary/aromatic N) is 1. The minimum absolute atomic E-state index is 0.0312. The molecule has 1 aromatic heterocycles. The Morgan fingerprint density at radius 1 is 0.883 bits per heavy atom. The fourth-order valence-corrected chi connectivity index (χ4v) is 12.0. The van der Waals surface area contributed by atoms with Crippen molar-refractivity contribution >= 4 is 34.0 Å². The fourth-order valence-electron chi connectivity index (χ4n) is 10.9. The summed E-state index contributed by atoms with van der Waals surface area (Å²) in [5.74, 6) is -4.41. The number of methoxy groups -OCH3 is 2. The van der Waals surface area contributed by atoms with Crippen LogP contribution in [0.25, 0.3) is 0 Å². The summed E-state index contributed by atoms with van der Waals surface area (Å²) in [4.78, 5) is 44.7. The number of nitrogen functional groups attached to an aromatic ring is 1. The van der Waals surface area contributed by atoms with E-state index in [4.69, 9.17) is 48.4 Å². The Morgan fingerprint density at radius 3 is 2.19 bits per heavy atom. The van der Waals surface area contributed by atoms with Crippen LogP contribution >= 0.6 is 11.3 Å². The Bertz CT molecular complexity index is 2300. The summed E-state index contributed by atoms with van der Waals surface area (Å²) in [6.07, 6.45) is -9.93. The lowest BCUT2D eigenvalue weighted by Gasteiger charge is -2.50. The van der Waals surface area contributed by atoms with Gasteiger partial charge in [-0.25, -0.2) is 0 Å². The maximum atomic E-state index is 14.4. The number of rotatable bonds is 15. The van der Waals surface area contributed by atoms with E-state index in [0.717, 1.165) is 16.9 Å². The van der Waals surface area contributed by atoms with Crippen molar-refractivity contribution in [3.05, 3.63) is 76.2 Å². The first-order valence-electron chi connectivity index (χ1n) is 26.8. The zero-order valence-corrected chi connectivity index (χ0v) is 47.4. The van der Waals surface area contributed by atoms with Gasteiger partial charge >= 0.3 is 5.97 Å². The van der Waals surface area contributed by atoms with Gasteiger partial charge in [0.25, 0.3) is 5.91 Å². The average molecular weight is 1100 g/mol. The first kappa shape index (κ1) is 62.4. The lowest BCUT2D eigenvalue weighted by atomic mass is 9.80. The number of aliphatic hydroxyl groups excluding tert-OH is 4. The van der Waals surface area contributed by atoms with Gasteiger partial charge in [0.1, 0.15) is 42.7 Å². The van der Waals surface area contributed by atoms with Crippen molar-refractivity contribution in [2.45, 2.75) is 197 Å². The summed E-state index contributed by atoms with van der Waals surface area (Å²) in [5, 5.41) is 60.3. The maximum Gasteiger partial charge on any atom is 0.308 e. The van der Waals surface area contributed by atoms with Crippen LogP contribution in [0, 0.1) is 17.8 Å². The van der Waals surface area contributed by atoms with Crippen LogP contribution < -0.4 is 11.1 Å². The van der Waals surface area contributed by atoms with Gasteiger partial charge in [-0.15, -0.1) is 11.3 Å². The van der Waals surface area contributed by atoms with E-state index in [2.05, 4.69) is 5.32 Å². The molecule has 4 aliphatic heterocycles. The molecule has 0 bridgehead atoms. The number of amides is 1. The highest BCUT2D eigenvalue weighted by atomic mass is 32.1. The topological polar surface area (TPSA) is 277 Å². The molecule has 20 nitrogen and oxygen atoms in total. The first-order valence-corrected chi connectivity index (χ1v) is 27.6. The predicted octanol–water partition coefficient (Wildman–Crippen LogP) is 3.99. The van der Waals surface area contributed by atoms with E-state index < -0.39 is 146 Å². The van der Waals surface area contributed by atoms with E-state index >= 15 is 0 Å². The van der Waals surface area contributed by atoms with Gasteiger partial charge in [0, 0.05) is 55.7 Å². The summed E-state index contributed by atoms with van der Waals surface area (Å²) in [6, 6.07) is 10.3. The van der Waals surface area contributed by atoms with Crippen molar-refractivity contribution in [2.24, 2.45) is 17.8 Å². The monoisotopic (exact) mass is 1100 g/mol.